The van der Waals surface area contributed by atoms with Gasteiger partial charge in [-0.3, -0.25) is 14.3 Å². The Morgan fingerprint density at radius 3 is 2.66 bits per heavy atom. The van der Waals surface area contributed by atoms with Gasteiger partial charge in [0.15, 0.2) is 6.61 Å². The number of amides is 2. The topological polar surface area (TPSA) is 76.5 Å². The molecule has 166 valence electrons. The highest BCUT2D eigenvalue weighted by Gasteiger charge is 2.35. The van der Waals surface area contributed by atoms with E-state index in [-0.39, 0.29) is 31.5 Å². The molecule has 1 aromatic heterocycles. The fourth-order valence-corrected chi connectivity index (χ4v) is 3.66. The maximum atomic E-state index is 13.9. The van der Waals surface area contributed by atoms with Crippen molar-refractivity contribution in [3.05, 3.63) is 83.2 Å². The van der Waals surface area contributed by atoms with Gasteiger partial charge in [0, 0.05) is 44.0 Å². The maximum absolute atomic E-state index is 13.9. The first-order chi connectivity index (χ1) is 15.4. The molecule has 2 amide bonds. The van der Waals surface area contributed by atoms with Crippen molar-refractivity contribution in [2.24, 2.45) is 7.05 Å². The Morgan fingerprint density at radius 2 is 1.91 bits per heavy atom. The van der Waals surface area contributed by atoms with Crippen LogP contribution in [0.2, 0.25) is 0 Å². The third-order valence-corrected chi connectivity index (χ3v) is 5.29. The van der Waals surface area contributed by atoms with Crippen LogP contribution in [0.1, 0.15) is 22.7 Å². The average Bonchev–Trinajstić information content (AvgIpc) is 3.17. The largest absolute Gasteiger partial charge is 0.484 e. The lowest BCUT2D eigenvalue weighted by Crippen LogP contribution is -2.45. The molecule has 32 heavy (non-hydrogen) atoms. The smallest absolute Gasteiger partial charge is 0.260 e. The maximum Gasteiger partial charge on any atom is 0.260 e. The van der Waals surface area contributed by atoms with Crippen molar-refractivity contribution in [1.82, 2.24) is 20.0 Å². The molecule has 2 heterocycles. The highest BCUT2D eigenvalue weighted by Crippen LogP contribution is 2.27. The lowest BCUT2D eigenvalue weighted by molar-refractivity contribution is -0.135. The molecule has 0 radical (unpaired) electrons. The number of nitrogens with one attached hydrogen (secondary N) is 1. The van der Waals surface area contributed by atoms with E-state index in [4.69, 9.17) is 4.74 Å². The van der Waals surface area contributed by atoms with Crippen LogP contribution in [0.4, 0.5) is 8.78 Å². The molecule has 4 rings (SSSR count). The number of hydrogen-bond acceptors (Lipinski definition) is 4. The molecule has 1 aliphatic rings. The monoisotopic (exact) mass is 440 g/mol. The predicted octanol–water partition coefficient (Wildman–Crippen LogP) is 2.52. The van der Waals surface area contributed by atoms with Gasteiger partial charge in [0.25, 0.3) is 5.91 Å². The second kappa shape index (κ2) is 9.17. The highest BCUT2D eigenvalue weighted by molar-refractivity contribution is 5.86. The standard InChI is InChI=1S/C23H22F2N4O3/c1-28-11-16-12-29(21(30)14-32-18-8-6-17(24)7-9-18)13-19(22(16)27-28)23(31)26-10-15-4-2-3-5-20(15)25/h2-9,11,19H,10,12-14H2,1H3,(H,26,31)/t19-/m1/s1. The molecule has 3 aromatic rings. The summed E-state index contributed by atoms with van der Waals surface area (Å²) in [5.74, 6) is -1.77. The van der Waals surface area contributed by atoms with Crippen LogP contribution < -0.4 is 10.1 Å². The summed E-state index contributed by atoms with van der Waals surface area (Å²) >= 11 is 0. The molecule has 0 spiro atoms. The van der Waals surface area contributed by atoms with Gasteiger partial charge in [-0.15, -0.1) is 0 Å². The summed E-state index contributed by atoms with van der Waals surface area (Å²) in [6.07, 6.45) is 1.77. The number of rotatable bonds is 6. The van der Waals surface area contributed by atoms with Crippen molar-refractivity contribution in [3.8, 4) is 5.75 Å². The van der Waals surface area contributed by atoms with E-state index < -0.39 is 17.6 Å². The zero-order valence-corrected chi connectivity index (χ0v) is 17.4. The molecule has 0 bridgehead atoms. The van der Waals surface area contributed by atoms with E-state index >= 15 is 0 Å². The van der Waals surface area contributed by atoms with Crippen molar-refractivity contribution < 1.29 is 23.1 Å². The zero-order chi connectivity index (χ0) is 22.7. The average molecular weight is 440 g/mol. The third-order valence-electron chi connectivity index (χ3n) is 5.29. The molecular formula is C23H22F2N4O3. The second-order valence-corrected chi connectivity index (χ2v) is 7.59. The number of nitrogens with zero attached hydrogens (tertiary/aromatic N) is 3. The summed E-state index contributed by atoms with van der Waals surface area (Å²) in [5, 5.41) is 7.15. The zero-order valence-electron chi connectivity index (χ0n) is 17.4. The van der Waals surface area contributed by atoms with Gasteiger partial charge in [-0.1, -0.05) is 18.2 Å². The number of carbonyl (C=O) groups excluding carboxylic acids is 2. The fraction of sp³-hybridized carbons (Fsp3) is 0.261. The first-order valence-electron chi connectivity index (χ1n) is 10.1. The van der Waals surface area contributed by atoms with E-state index in [1.165, 1.54) is 35.2 Å². The Bertz CT molecular complexity index is 1130. The molecule has 0 saturated heterocycles. The van der Waals surface area contributed by atoms with E-state index in [9.17, 15) is 18.4 Å². The number of fused-ring (bicyclic) bond motifs is 1. The van der Waals surface area contributed by atoms with Gasteiger partial charge >= 0.3 is 0 Å². The van der Waals surface area contributed by atoms with Crippen molar-refractivity contribution in [1.29, 1.82) is 0 Å². The van der Waals surface area contributed by atoms with Crippen molar-refractivity contribution >= 4 is 11.8 Å². The molecule has 1 atom stereocenters. The van der Waals surface area contributed by atoms with Crippen molar-refractivity contribution in [2.45, 2.75) is 19.0 Å². The minimum atomic E-state index is -0.693. The summed E-state index contributed by atoms with van der Waals surface area (Å²) in [5.41, 5.74) is 1.74. The number of aryl methyl sites for hydroxylation is 1. The molecular weight excluding hydrogens is 418 g/mol. The number of carbonyl (C=O) groups is 2. The SMILES string of the molecule is Cn1cc2c(n1)[C@H](C(=O)NCc1ccccc1F)CN(C(=O)COc1ccc(F)cc1)C2. The summed E-state index contributed by atoms with van der Waals surface area (Å²) < 4.78 is 34.0. The van der Waals surface area contributed by atoms with Gasteiger partial charge in [-0.05, 0) is 30.3 Å². The number of ether oxygens (including phenoxy) is 1. The van der Waals surface area contributed by atoms with Crippen LogP contribution in [0, 0.1) is 11.6 Å². The van der Waals surface area contributed by atoms with Gasteiger partial charge in [0.05, 0.1) is 11.6 Å². The molecule has 0 unspecified atom stereocenters. The lowest BCUT2D eigenvalue weighted by atomic mass is 9.95. The summed E-state index contributed by atoms with van der Waals surface area (Å²) in [7, 11) is 1.75. The molecule has 7 nitrogen and oxygen atoms in total. The minimum absolute atomic E-state index is 0.0335. The van der Waals surface area contributed by atoms with Gasteiger partial charge in [-0.2, -0.15) is 5.10 Å². The van der Waals surface area contributed by atoms with Crippen LogP contribution in [-0.4, -0.2) is 39.6 Å². The van der Waals surface area contributed by atoms with E-state index in [2.05, 4.69) is 10.4 Å². The Labute approximate surface area is 183 Å². The normalized spacial score (nSPS) is 15.2. The second-order valence-electron chi connectivity index (χ2n) is 7.59. The van der Waals surface area contributed by atoms with Gasteiger partial charge < -0.3 is 15.0 Å². The van der Waals surface area contributed by atoms with Crippen LogP contribution >= 0.6 is 0 Å². The van der Waals surface area contributed by atoms with Crippen LogP contribution in [0.3, 0.4) is 0 Å². The van der Waals surface area contributed by atoms with Gasteiger partial charge in [-0.25, -0.2) is 8.78 Å². The van der Waals surface area contributed by atoms with E-state index in [0.29, 0.717) is 23.6 Å². The third kappa shape index (κ3) is 4.77. The van der Waals surface area contributed by atoms with Crippen molar-refractivity contribution in [3.63, 3.8) is 0 Å². The summed E-state index contributed by atoms with van der Waals surface area (Å²) in [6.45, 7) is 0.210. The van der Waals surface area contributed by atoms with E-state index in [0.717, 1.165) is 5.56 Å². The minimum Gasteiger partial charge on any atom is -0.484 e. The van der Waals surface area contributed by atoms with Crippen molar-refractivity contribution in [2.75, 3.05) is 13.2 Å². The highest BCUT2D eigenvalue weighted by atomic mass is 19.1. The number of benzene rings is 2. The van der Waals surface area contributed by atoms with Gasteiger partial charge in [0.1, 0.15) is 17.4 Å². The first-order valence-corrected chi connectivity index (χ1v) is 10.1. The molecule has 2 aromatic carbocycles. The predicted molar refractivity (Wildman–Crippen MR) is 112 cm³/mol. The van der Waals surface area contributed by atoms with Crippen LogP contribution in [0.5, 0.6) is 5.75 Å². The number of hydrogen-bond donors (Lipinski definition) is 1. The molecule has 1 N–H and O–H groups in total. The van der Waals surface area contributed by atoms with Crippen LogP contribution in [0.15, 0.2) is 54.7 Å². The Balaban J connectivity index is 1.44. The summed E-state index contributed by atoms with van der Waals surface area (Å²) in [4.78, 5) is 27.2. The van der Waals surface area contributed by atoms with Crippen LogP contribution in [-0.2, 0) is 29.7 Å². The summed E-state index contributed by atoms with van der Waals surface area (Å²) in [6, 6.07) is 11.6. The quantitative estimate of drug-likeness (QED) is 0.639. The Hall–Kier alpha value is -3.75. The van der Waals surface area contributed by atoms with E-state index in [1.807, 2.05) is 0 Å². The Kier molecular flexibility index (Phi) is 6.16. The molecule has 9 heteroatoms. The molecule has 1 aliphatic heterocycles. The first kappa shape index (κ1) is 21.5. The Morgan fingerprint density at radius 1 is 1.16 bits per heavy atom. The van der Waals surface area contributed by atoms with Crippen LogP contribution in [0.25, 0.3) is 0 Å². The lowest BCUT2D eigenvalue weighted by Gasteiger charge is -2.31. The number of aromatic nitrogens is 2. The molecule has 0 fully saturated rings. The molecule has 0 aliphatic carbocycles. The van der Waals surface area contributed by atoms with E-state index in [1.54, 1.807) is 36.1 Å². The number of halogens is 2. The molecule has 0 saturated carbocycles. The fourth-order valence-electron chi connectivity index (χ4n) is 3.66. The van der Waals surface area contributed by atoms with Gasteiger partial charge in [0.2, 0.25) is 5.91 Å².